The van der Waals surface area contributed by atoms with E-state index < -0.39 is 0 Å². The maximum atomic E-state index is 3.80. The number of nitrogens with one attached hydrogen (secondary N) is 2. The van der Waals surface area contributed by atoms with Crippen LogP contribution in [0.15, 0.2) is 0 Å². The molecule has 6 atom stereocenters. The molecule has 3 saturated heterocycles. The smallest absolute Gasteiger partial charge is 0.00952 e. The highest BCUT2D eigenvalue weighted by atomic mass is 14.9. The summed E-state index contributed by atoms with van der Waals surface area (Å²) in [5.74, 6) is 3.57. The lowest BCUT2D eigenvalue weighted by molar-refractivity contribution is -0.0528. The fourth-order valence-electron chi connectivity index (χ4n) is 5.66. The monoisotopic (exact) mass is 292 g/mol. The van der Waals surface area contributed by atoms with Crippen LogP contribution in [0.25, 0.3) is 0 Å². The third kappa shape index (κ3) is 2.57. The Morgan fingerprint density at radius 2 is 1.86 bits per heavy atom. The molecule has 3 aliphatic heterocycles. The van der Waals surface area contributed by atoms with Gasteiger partial charge in [-0.15, -0.1) is 0 Å². The van der Waals surface area contributed by atoms with E-state index in [1.807, 2.05) is 0 Å². The fraction of sp³-hybridized carbons (Fsp3) is 1.00. The van der Waals surface area contributed by atoms with Crippen LogP contribution in [-0.2, 0) is 0 Å². The average molecular weight is 293 g/mol. The molecule has 1 aliphatic carbocycles. The minimum atomic E-state index is 0.453. The van der Waals surface area contributed by atoms with Gasteiger partial charge in [0.15, 0.2) is 0 Å². The van der Waals surface area contributed by atoms with Crippen LogP contribution < -0.4 is 10.6 Å². The summed E-state index contributed by atoms with van der Waals surface area (Å²) in [6.45, 7) is 16.2. The third-order valence-electron chi connectivity index (χ3n) is 7.99. The molecule has 122 valence electrons. The Balaban J connectivity index is 1.77. The van der Waals surface area contributed by atoms with Crippen molar-refractivity contribution in [2.45, 2.75) is 66.3 Å². The summed E-state index contributed by atoms with van der Waals surface area (Å²) < 4.78 is 0. The molecule has 0 radical (unpaired) electrons. The van der Waals surface area contributed by atoms with Crippen molar-refractivity contribution in [1.82, 2.24) is 10.6 Å². The first-order valence-electron chi connectivity index (χ1n) is 9.30. The highest BCUT2D eigenvalue weighted by Crippen LogP contribution is 2.58. The van der Waals surface area contributed by atoms with E-state index in [1.165, 1.54) is 45.3 Å². The summed E-state index contributed by atoms with van der Waals surface area (Å²) >= 11 is 0. The molecule has 6 unspecified atom stereocenters. The molecule has 4 aliphatic rings. The molecule has 0 aromatic heterocycles. The summed E-state index contributed by atoms with van der Waals surface area (Å²) in [4.78, 5) is 0. The summed E-state index contributed by atoms with van der Waals surface area (Å²) in [5.41, 5.74) is 1.02. The van der Waals surface area contributed by atoms with Gasteiger partial charge in [-0.05, 0) is 86.7 Å². The molecule has 0 spiro atoms. The van der Waals surface area contributed by atoms with E-state index >= 15 is 0 Å². The normalized spacial score (nSPS) is 49.9. The minimum absolute atomic E-state index is 0.453. The van der Waals surface area contributed by atoms with Gasteiger partial charge < -0.3 is 10.6 Å². The van der Waals surface area contributed by atoms with E-state index in [2.05, 4.69) is 45.3 Å². The van der Waals surface area contributed by atoms with Gasteiger partial charge in [0, 0.05) is 6.04 Å². The topological polar surface area (TPSA) is 24.1 Å². The van der Waals surface area contributed by atoms with Crippen LogP contribution in [-0.4, -0.2) is 25.7 Å². The van der Waals surface area contributed by atoms with E-state index in [1.54, 1.807) is 0 Å². The minimum Gasteiger partial charge on any atom is -0.316 e. The van der Waals surface area contributed by atoms with Crippen LogP contribution in [0.1, 0.15) is 60.3 Å². The van der Waals surface area contributed by atoms with Crippen molar-refractivity contribution in [1.29, 1.82) is 0 Å². The van der Waals surface area contributed by atoms with Gasteiger partial charge in [0.25, 0.3) is 0 Å². The summed E-state index contributed by atoms with van der Waals surface area (Å²) in [6, 6.07) is 0.650. The Morgan fingerprint density at radius 1 is 1.10 bits per heavy atom. The molecule has 2 nitrogen and oxygen atoms in total. The zero-order valence-corrected chi connectivity index (χ0v) is 14.8. The standard InChI is InChI=1S/C19H36N2/c1-13-7-6-8-21-14(2)19(13,5)10-15-11-20-12-16-9-17(15)18(16,3)4/h13-17,20-21H,6-12H2,1-5H3. The second-order valence-corrected chi connectivity index (χ2v) is 9.21. The van der Waals surface area contributed by atoms with Crippen LogP contribution in [0, 0.1) is 34.5 Å². The van der Waals surface area contributed by atoms with Crippen molar-refractivity contribution in [3.05, 3.63) is 0 Å². The van der Waals surface area contributed by atoms with Crippen molar-refractivity contribution >= 4 is 0 Å². The maximum Gasteiger partial charge on any atom is 0.00952 e. The second kappa shape index (κ2) is 5.53. The molecule has 2 bridgehead atoms. The number of hydrogen-bond donors (Lipinski definition) is 2. The van der Waals surface area contributed by atoms with Gasteiger partial charge in [0.1, 0.15) is 0 Å². The first kappa shape index (κ1) is 15.8. The molecule has 2 heteroatoms. The zero-order chi connectivity index (χ0) is 15.3. The van der Waals surface area contributed by atoms with Gasteiger partial charge in [-0.2, -0.15) is 0 Å². The Labute approximate surface area is 131 Å². The van der Waals surface area contributed by atoms with E-state index in [9.17, 15) is 0 Å². The van der Waals surface area contributed by atoms with Gasteiger partial charge in [-0.25, -0.2) is 0 Å². The summed E-state index contributed by atoms with van der Waals surface area (Å²) in [6.07, 6.45) is 5.61. The Morgan fingerprint density at radius 3 is 2.57 bits per heavy atom. The number of rotatable bonds is 2. The van der Waals surface area contributed by atoms with Crippen LogP contribution >= 0.6 is 0 Å². The maximum absolute atomic E-state index is 3.80. The van der Waals surface area contributed by atoms with E-state index in [-0.39, 0.29) is 0 Å². The largest absolute Gasteiger partial charge is 0.316 e. The van der Waals surface area contributed by atoms with E-state index in [4.69, 9.17) is 0 Å². The van der Waals surface area contributed by atoms with Gasteiger partial charge >= 0.3 is 0 Å². The molecule has 21 heavy (non-hydrogen) atoms. The predicted molar refractivity (Wildman–Crippen MR) is 90.3 cm³/mol. The van der Waals surface area contributed by atoms with Crippen LogP contribution in [0.4, 0.5) is 0 Å². The fourth-order valence-corrected chi connectivity index (χ4v) is 5.66. The lowest BCUT2D eigenvalue weighted by Gasteiger charge is -2.55. The molecule has 0 aromatic rings. The first-order chi connectivity index (χ1) is 9.85. The predicted octanol–water partition coefficient (Wildman–Crippen LogP) is 3.67. The van der Waals surface area contributed by atoms with Crippen molar-refractivity contribution < 1.29 is 0 Å². The summed E-state index contributed by atoms with van der Waals surface area (Å²) in [7, 11) is 0. The molecular weight excluding hydrogens is 256 g/mol. The van der Waals surface area contributed by atoms with Crippen LogP contribution in [0.3, 0.4) is 0 Å². The Bertz CT molecular complexity index is 364. The van der Waals surface area contributed by atoms with Gasteiger partial charge in [0.05, 0.1) is 0 Å². The number of hydrogen-bond acceptors (Lipinski definition) is 2. The molecule has 4 rings (SSSR count). The van der Waals surface area contributed by atoms with Gasteiger partial charge in [-0.3, -0.25) is 0 Å². The lowest BCUT2D eigenvalue weighted by Crippen LogP contribution is -2.51. The molecule has 0 amide bonds. The molecule has 3 heterocycles. The first-order valence-corrected chi connectivity index (χ1v) is 9.30. The Kier molecular flexibility index (Phi) is 4.16. The van der Waals surface area contributed by atoms with Gasteiger partial charge in [-0.1, -0.05) is 27.7 Å². The quantitative estimate of drug-likeness (QED) is 0.811. The molecular formula is C19H36N2. The van der Waals surface area contributed by atoms with Crippen molar-refractivity contribution in [2.75, 3.05) is 19.6 Å². The number of fused-ring (bicyclic) bond motifs is 3. The van der Waals surface area contributed by atoms with Gasteiger partial charge in [0.2, 0.25) is 0 Å². The summed E-state index contributed by atoms with van der Waals surface area (Å²) in [5, 5.41) is 7.57. The van der Waals surface area contributed by atoms with E-state index in [0.29, 0.717) is 16.9 Å². The Hall–Kier alpha value is -0.0800. The lowest BCUT2D eigenvalue weighted by atomic mass is 9.50. The van der Waals surface area contributed by atoms with Crippen molar-refractivity contribution in [3.8, 4) is 0 Å². The molecule has 1 saturated carbocycles. The third-order valence-corrected chi connectivity index (χ3v) is 7.99. The van der Waals surface area contributed by atoms with Crippen molar-refractivity contribution in [2.24, 2.45) is 34.5 Å². The van der Waals surface area contributed by atoms with E-state index in [0.717, 1.165) is 23.7 Å². The highest BCUT2D eigenvalue weighted by Gasteiger charge is 2.54. The van der Waals surface area contributed by atoms with Crippen LogP contribution in [0.5, 0.6) is 0 Å². The average Bonchev–Trinajstić information content (AvgIpc) is 2.77. The second-order valence-electron chi connectivity index (χ2n) is 9.21. The zero-order valence-electron chi connectivity index (χ0n) is 14.8. The molecule has 2 N–H and O–H groups in total. The highest BCUT2D eigenvalue weighted by molar-refractivity contribution is 5.05. The van der Waals surface area contributed by atoms with Crippen LogP contribution in [0.2, 0.25) is 0 Å². The van der Waals surface area contributed by atoms with Crippen molar-refractivity contribution in [3.63, 3.8) is 0 Å². The molecule has 0 aromatic carbocycles. The SMILES string of the molecule is CC1CCCNC(C)C1(C)CC1CNCC2CC1C2(C)C. The molecule has 4 fully saturated rings.